The van der Waals surface area contributed by atoms with E-state index in [-0.39, 0.29) is 17.6 Å². The summed E-state index contributed by atoms with van der Waals surface area (Å²) in [5, 5.41) is 18.8. The first kappa shape index (κ1) is 30.0. The van der Waals surface area contributed by atoms with E-state index in [1.807, 2.05) is 32.0 Å². The van der Waals surface area contributed by atoms with Crippen molar-refractivity contribution in [2.24, 2.45) is 5.41 Å². The van der Waals surface area contributed by atoms with E-state index in [4.69, 9.17) is 4.74 Å². The predicted molar refractivity (Wildman–Crippen MR) is 158 cm³/mol. The molecule has 1 aliphatic heterocycles. The standard InChI is InChI=1S/C29H44N8O2/c1-8-10-25(29(5,6)7)39-28(38)34-24-17-22(37-15-13-36(9-2)14-16-37)11-12-23(24)33-27-31-19-21(18-30)26(35-27)32-20(3)4/h11-12,17,19-20,25H,8-10,13-16H2,1-7H3,(H,34,38)(H2,31,32,33,35). The molecular weight excluding hydrogens is 492 g/mol. The van der Waals surface area contributed by atoms with E-state index in [9.17, 15) is 10.1 Å². The third-order valence-corrected chi connectivity index (χ3v) is 6.77. The number of rotatable bonds is 10. The van der Waals surface area contributed by atoms with Gasteiger partial charge < -0.3 is 25.2 Å². The predicted octanol–water partition coefficient (Wildman–Crippen LogP) is 5.82. The lowest BCUT2D eigenvalue weighted by molar-refractivity contribution is 0.0337. The topological polar surface area (TPSA) is 118 Å². The second-order valence-corrected chi connectivity index (χ2v) is 11.3. The van der Waals surface area contributed by atoms with Crippen LogP contribution in [0.1, 0.15) is 66.9 Å². The third kappa shape index (κ3) is 8.45. The number of amides is 1. The van der Waals surface area contributed by atoms with Crippen LogP contribution in [0.4, 0.5) is 33.6 Å². The Balaban J connectivity index is 1.90. The molecule has 2 heterocycles. The average Bonchev–Trinajstić information content (AvgIpc) is 2.89. The van der Waals surface area contributed by atoms with Crippen LogP contribution in [0.15, 0.2) is 24.4 Å². The summed E-state index contributed by atoms with van der Waals surface area (Å²) in [4.78, 5) is 26.7. The maximum Gasteiger partial charge on any atom is 0.411 e. The van der Waals surface area contributed by atoms with E-state index < -0.39 is 6.09 Å². The summed E-state index contributed by atoms with van der Waals surface area (Å²) >= 11 is 0. The van der Waals surface area contributed by atoms with Crippen molar-refractivity contribution in [3.63, 3.8) is 0 Å². The Hall–Kier alpha value is -3.58. The summed E-state index contributed by atoms with van der Waals surface area (Å²) in [7, 11) is 0. The van der Waals surface area contributed by atoms with Crippen LogP contribution in [0.25, 0.3) is 0 Å². The molecule has 10 nitrogen and oxygen atoms in total. The molecule has 0 bridgehead atoms. The highest BCUT2D eigenvalue weighted by molar-refractivity contribution is 5.91. The van der Waals surface area contributed by atoms with Crippen LogP contribution in [-0.4, -0.2) is 65.8 Å². The van der Waals surface area contributed by atoms with Crippen LogP contribution in [0.5, 0.6) is 0 Å². The second kappa shape index (κ2) is 13.5. The minimum absolute atomic E-state index is 0.0955. The van der Waals surface area contributed by atoms with Gasteiger partial charge in [0.1, 0.15) is 23.6 Å². The van der Waals surface area contributed by atoms with Gasteiger partial charge in [-0.25, -0.2) is 9.78 Å². The maximum absolute atomic E-state index is 13.1. The highest BCUT2D eigenvalue weighted by Gasteiger charge is 2.28. The van der Waals surface area contributed by atoms with E-state index in [0.717, 1.165) is 51.3 Å². The van der Waals surface area contributed by atoms with Crippen molar-refractivity contribution in [1.29, 1.82) is 5.26 Å². The number of nitrogens with one attached hydrogen (secondary N) is 3. The number of likely N-dealkylation sites (N-methyl/N-ethyl adjacent to an activating group) is 1. The molecule has 1 aromatic heterocycles. The zero-order valence-electron chi connectivity index (χ0n) is 24.5. The molecule has 1 aromatic carbocycles. The Labute approximate surface area is 233 Å². The lowest BCUT2D eigenvalue weighted by Gasteiger charge is -2.36. The molecule has 39 heavy (non-hydrogen) atoms. The van der Waals surface area contributed by atoms with Crippen LogP contribution >= 0.6 is 0 Å². The fourth-order valence-electron chi connectivity index (χ4n) is 4.49. The number of piperazine rings is 1. The number of carbonyl (C=O) groups excluding carboxylic acids is 1. The normalized spacial score (nSPS) is 15.0. The molecule has 1 amide bonds. The average molecular weight is 537 g/mol. The largest absolute Gasteiger partial charge is 0.445 e. The smallest absolute Gasteiger partial charge is 0.411 e. The van der Waals surface area contributed by atoms with Crippen molar-refractivity contribution in [3.8, 4) is 6.07 Å². The number of nitriles is 1. The fraction of sp³-hybridized carbons (Fsp3) is 0.586. The molecule has 0 aliphatic carbocycles. The molecule has 0 radical (unpaired) electrons. The lowest BCUT2D eigenvalue weighted by atomic mass is 9.86. The van der Waals surface area contributed by atoms with Gasteiger partial charge in [0.2, 0.25) is 5.95 Å². The number of nitrogens with zero attached hydrogens (tertiary/aromatic N) is 5. The van der Waals surface area contributed by atoms with Gasteiger partial charge in [-0.1, -0.05) is 41.0 Å². The number of carbonyl (C=O) groups is 1. The molecule has 3 N–H and O–H groups in total. The third-order valence-electron chi connectivity index (χ3n) is 6.77. The number of ether oxygens (including phenoxy) is 1. The van der Waals surface area contributed by atoms with Gasteiger partial charge in [0.05, 0.1) is 17.6 Å². The van der Waals surface area contributed by atoms with Crippen molar-refractivity contribution < 1.29 is 9.53 Å². The summed E-state index contributed by atoms with van der Waals surface area (Å²) in [6, 6.07) is 8.14. The number of benzene rings is 1. The fourth-order valence-corrected chi connectivity index (χ4v) is 4.49. The van der Waals surface area contributed by atoms with Crippen LogP contribution < -0.4 is 20.9 Å². The first-order chi connectivity index (χ1) is 18.5. The van der Waals surface area contributed by atoms with Gasteiger partial charge >= 0.3 is 6.09 Å². The monoisotopic (exact) mass is 536 g/mol. The summed E-state index contributed by atoms with van der Waals surface area (Å²) in [6.45, 7) is 19.3. The molecule has 10 heteroatoms. The van der Waals surface area contributed by atoms with Crippen molar-refractivity contribution in [3.05, 3.63) is 30.0 Å². The Morgan fingerprint density at radius 3 is 2.46 bits per heavy atom. The SMILES string of the molecule is CCCC(OC(=O)Nc1cc(N2CCN(CC)CC2)ccc1Nc1ncc(C#N)c(NC(C)C)n1)C(C)(C)C. The van der Waals surface area contributed by atoms with Crippen molar-refractivity contribution in [2.75, 3.05) is 53.6 Å². The number of aromatic nitrogens is 2. The Kier molecular flexibility index (Phi) is 10.4. The van der Waals surface area contributed by atoms with Crippen molar-refractivity contribution in [1.82, 2.24) is 14.9 Å². The van der Waals surface area contributed by atoms with E-state index in [2.05, 4.69) is 76.4 Å². The summed E-state index contributed by atoms with van der Waals surface area (Å²) in [5.74, 6) is 0.772. The first-order valence-corrected chi connectivity index (χ1v) is 13.9. The number of hydrogen-bond acceptors (Lipinski definition) is 9. The van der Waals surface area contributed by atoms with Crippen LogP contribution in [0, 0.1) is 16.7 Å². The second-order valence-electron chi connectivity index (χ2n) is 11.3. The van der Waals surface area contributed by atoms with E-state index in [1.54, 1.807) is 0 Å². The lowest BCUT2D eigenvalue weighted by Crippen LogP contribution is -2.46. The molecule has 2 aromatic rings. The van der Waals surface area contributed by atoms with E-state index in [1.165, 1.54) is 6.20 Å². The van der Waals surface area contributed by atoms with Gasteiger partial charge in [0.15, 0.2) is 0 Å². The van der Waals surface area contributed by atoms with Crippen LogP contribution in [-0.2, 0) is 4.74 Å². The Morgan fingerprint density at radius 1 is 1.15 bits per heavy atom. The molecule has 0 spiro atoms. The molecule has 0 saturated carbocycles. The highest BCUT2D eigenvalue weighted by atomic mass is 16.6. The molecule has 1 saturated heterocycles. The Bertz CT molecular complexity index is 1150. The van der Waals surface area contributed by atoms with Crippen LogP contribution in [0.2, 0.25) is 0 Å². The summed E-state index contributed by atoms with van der Waals surface area (Å²) < 4.78 is 5.90. The quantitative estimate of drug-likeness (QED) is 0.345. The van der Waals surface area contributed by atoms with Gasteiger partial charge in [-0.3, -0.25) is 5.32 Å². The highest BCUT2D eigenvalue weighted by Crippen LogP contribution is 2.32. The van der Waals surface area contributed by atoms with Gasteiger partial charge in [0, 0.05) is 37.9 Å². The molecule has 1 unspecified atom stereocenters. The minimum atomic E-state index is -0.498. The zero-order valence-corrected chi connectivity index (χ0v) is 24.5. The van der Waals surface area contributed by atoms with Gasteiger partial charge in [0.25, 0.3) is 0 Å². The molecule has 1 aliphatic rings. The zero-order chi connectivity index (χ0) is 28.6. The minimum Gasteiger partial charge on any atom is -0.445 e. The molecule has 1 atom stereocenters. The number of anilines is 5. The van der Waals surface area contributed by atoms with Crippen LogP contribution in [0.3, 0.4) is 0 Å². The first-order valence-electron chi connectivity index (χ1n) is 13.9. The van der Waals surface area contributed by atoms with E-state index in [0.29, 0.717) is 28.7 Å². The molecule has 212 valence electrons. The van der Waals surface area contributed by atoms with Gasteiger partial charge in [-0.2, -0.15) is 10.2 Å². The van der Waals surface area contributed by atoms with Crippen molar-refractivity contribution in [2.45, 2.75) is 73.5 Å². The van der Waals surface area contributed by atoms with E-state index >= 15 is 0 Å². The molecule has 1 fully saturated rings. The summed E-state index contributed by atoms with van der Waals surface area (Å²) in [5.41, 5.74) is 2.42. The maximum atomic E-state index is 13.1. The number of hydrogen-bond donors (Lipinski definition) is 3. The summed E-state index contributed by atoms with van der Waals surface area (Å²) in [6.07, 6.45) is 2.48. The Morgan fingerprint density at radius 2 is 1.87 bits per heavy atom. The van der Waals surface area contributed by atoms with Crippen molar-refractivity contribution >= 4 is 34.9 Å². The molecular formula is C29H44N8O2. The molecule has 3 rings (SSSR count). The van der Waals surface area contributed by atoms with Gasteiger partial charge in [-0.05, 0) is 50.4 Å². The van der Waals surface area contributed by atoms with Gasteiger partial charge in [-0.15, -0.1) is 0 Å².